The Morgan fingerprint density at radius 3 is 1.96 bits per heavy atom. The van der Waals surface area contributed by atoms with E-state index in [0.29, 0.717) is 13.1 Å². The first-order valence-electron chi connectivity index (χ1n) is 8.53. The highest BCUT2D eigenvalue weighted by Crippen LogP contribution is 2.16. The predicted molar refractivity (Wildman–Crippen MR) is 97.5 cm³/mol. The topological polar surface area (TPSA) is 29.1 Å². The molecule has 1 amide bonds. The fourth-order valence-corrected chi connectivity index (χ4v) is 2.91. The zero-order valence-electron chi connectivity index (χ0n) is 14.7. The van der Waals surface area contributed by atoms with Crippen molar-refractivity contribution in [1.82, 2.24) is 9.47 Å². The second kappa shape index (κ2) is 7.79. The summed E-state index contributed by atoms with van der Waals surface area (Å²) >= 11 is 0. The van der Waals surface area contributed by atoms with Crippen molar-refractivity contribution in [2.45, 2.75) is 26.1 Å². The molecule has 128 valence electrons. The maximum atomic E-state index is 13.2. The molecule has 0 radical (unpaired) electrons. The molecule has 3 rings (SSSR count). The smallest absolute Gasteiger partial charge is 0.268 e. The SMILES string of the molecule is C[C@@H](C(=O)N(Cc1ccccc1)Cc1ccccc1)n1cc[n+](C)c1. The maximum absolute atomic E-state index is 13.2. The van der Waals surface area contributed by atoms with Crippen LogP contribution in [0.2, 0.25) is 0 Å². The number of nitrogens with zero attached hydrogens (tertiary/aromatic N) is 3. The Hall–Kier alpha value is -2.88. The van der Waals surface area contributed by atoms with Gasteiger partial charge in [0.05, 0.1) is 7.05 Å². The fraction of sp³-hybridized carbons (Fsp3) is 0.238. The van der Waals surface area contributed by atoms with Crippen LogP contribution in [0.1, 0.15) is 24.1 Å². The quantitative estimate of drug-likeness (QED) is 0.637. The normalized spacial score (nSPS) is 11.9. The molecule has 0 fully saturated rings. The van der Waals surface area contributed by atoms with Crippen molar-refractivity contribution in [3.05, 3.63) is 90.5 Å². The molecular formula is C21H24N3O+. The second-order valence-electron chi connectivity index (χ2n) is 6.37. The summed E-state index contributed by atoms with van der Waals surface area (Å²) in [5.74, 6) is 0.115. The summed E-state index contributed by atoms with van der Waals surface area (Å²) in [5.41, 5.74) is 2.27. The van der Waals surface area contributed by atoms with Gasteiger partial charge in [-0.05, 0) is 18.1 Å². The fourth-order valence-electron chi connectivity index (χ4n) is 2.91. The van der Waals surface area contributed by atoms with E-state index in [1.54, 1.807) is 0 Å². The van der Waals surface area contributed by atoms with Crippen LogP contribution in [-0.4, -0.2) is 15.4 Å². The summed E-state index contributed by atoms with van der Waals surface area (Å²) in [6.07, 6.45) is 5.82. The Bertz CT molecular complexity index is 770. The lowest BCUT2D eigenvalue weighted by Crippen LogP contribution is -2.35. The van der Waals surface area contributed by atoms with Crippen molar-refractivity contribution in [3.8, 4) is 0 Å². The molecule has 1 aromatic heterocycles. The first-order valence-corrected chi connectivity index (χ1v) is 8.53. The summed E-state index contributed by atoms with van der Waals surface area (Å²) in [7, 11) is 1.96. The van der Waals surface area contributed by atoms with E-state index in [-0.39, 0.29) is 11.9 Å². The van der Waals surface area contributed by atoms with Crippen LogP contribution in [0.15, 0.2) is 79.4 Å². The van der Waals surface area contributed by atoms with Gasteiger partial charge in [0.15, 0.2) is 6.04 Å². The lowest BCUT2D eigenvalue weighted by Gasteiger charge is -2.25. The van der Waals surface area contributed by atoms with E-state index in [9.17, 15) is 4.79 Å². The predicted octanol–water partition coefficient (Wildman–Crippen LogP) is 3.10. The molecule has 4 nitrogen and oxygen atoms in total. The third-order valence-electron chi connectivity index (χ3n) is 4.34. The minimum Gasteiger partial charge on any atom is -0.330 e. The van der Waals surface area contributed by atoms with E-state index in [2.05, 4.69) is 24.3 Å². The van der Waals surface area contributed by atoms with Gasteiger partial charge in [0.25, 0.3) is 5.91 Å². The molecule has 0 unspecified atom stereocenters. The Labute approximate surface area is 149 Å². The molecule has 0 aliphatic heterocycles. The highest BCUT2D eigenvalue weighted by Gasteiger charge is 2.25. The van der Waals surface area contributed by atoms with Crippen LogP contribution in [0.3, 0.4) is 0 Å². The van der Waals surface area contributed by atoms with E-state index in [0.717, 1.165) is 11.1 Å². The lowest BCUT2D eigenvalue weighted by molar-refractivity contribution is -0.671. The second-order valence-corrected chi connectivity index (χ2v) is 6.37. The number of carbonyl (C=O) groups excluding carboxylic acids is 1. The molecule has 0 bridgehead atoms. The number of hydrogen-bond donors (Lipinski definition) is 0. The van der Waals surface area contributed by atoms with Gasteiger partial charge >= 0.3 is 0 Å². The van der Waals surface area contributed by atoms with Gasteiger partial charge in [0.2, 0.25) is 6.33 Å². The standard InChI is InChI=1S/C21H24N3O/c1-18(23-14-13-22(2)17-23)21(25)24(15-19-9-5-3-6-10-19)16-20-11-7-4-8-12-20/h3-14,17-18H,15-16H2,1-2H3/q+1/t18-/m0/s1. The van der Waals surface area contributed by atoms with E-state index in [4.69, 9.17) is 0 Å². The van der Waals surface area contributed by atoms with Gasteiger partial charge in [0.1, 0.15) is 12.4 Å². The number of hydrogen-bond acceptors (Lipinski definition) is 1. The van der Waals surface area contributed by atoms with Gasteiger partial charge in [-0.15, -0.1) is 0 Å². The Morgan fingerprint density at radius 1 is 1.00 bits per heavy atom. The molecule has 0 aliphatic rings. The van der Waals surface area contributed by atoms with Gasteiger partial charge in [-0.1, -0.05) is 60.7 Å². The summed E-state index contributed by atoms with van der Waals surface area (Å²) in [4.78, 5) is 15.1. The molecule has 2 aromatic carbocycles. The van der Waals surface area contributed by atoms with Gasteiger partial charge in [-0.2, -0.15) is 0 Å². The zero-order valence-corrected chi connectivity index (χ0v) is 14.7. The van der Waals surface area contributed by atoms with Gasteiger partial charge in [-0.3, -0.25) is 4.79 Å². The van der Waals surface area contributed by atoms with Crippen molar-refractivity contribution in [3.63, 3.8) is 0 Å². The average molecular weight is 334 g/mol. The van der Waals surface area contributed by atoms with Gasteiger partial charge in [0, 0.05) is 13.1 Å². The summed E-state index contributed by atoms with van der Waals surface area (Å²) in [5, 5.41) is 0. The number of imidazole rings is 1. The van der Waals surface area contributed by atoms with E-state index in [1.165, 1.54) is 0 Å². The molecule has 0 N–H and O–H groups in total. The molecule has 4 heteroatoms. The molecule has 0 spiro atoms. The van der Waals surface area contributed by atoms with Crippen molar-refractivity contribution < 1.29 is 9.36 Å². The van der Waals surface area contributed by atoms with E-state index in [1.807, 2.05) is 83.1 Å². The van der Waals surface area contributed by atoms with Crippen molar-refractivity contribution >= 4 is 5.91 Å². The van der Waals surface area contributed by atoms with E-state index < -0.39 is 0 Å². The monoisotopic (exact) mass is 334 g/mol. The minimum absolute atomic E-state index is 0.115. The molecule has 1 atom stereocenters. The van der Waals surface area contributed by atoms with Crippen LogP contribution in [0.4, 0.5) is 0 Å². The maximum Gasteiger partial charge on any atom is 0.268 e. The third kappa shape index (κ3) is 4.35. The van der Waals surface area contributed by atoms with Crippen molar-refractivity contribution in [1.29, 1.82) is 0 Å². The van der Waals surface area contributed by atoms with Crippen LogP contribution in [0.5, 0.6) is 0 Å². The number of amides is 1. The van der Waals surface area contributed by atoms with Gasteiger partial charge in [-0.25, -0.2) is 9.13 Å². The Morgan fingerprint density at radius 2 is 1.52 bits per heavy atom. The lowest BCUT2D eigenvalue weighted by atomic mass is 10.1. The number of aromatic nitrogens is 2. The molecule has 0 saturated heterocycles. The van der Waals surface area contributed by atoms with Crippen molar-refractivity contribution in [2.24, 2.45) is 7.05 Å². The number of rotatable bonds is 6. The van der Waals surface area contributed by atoms with Crippen LogP contribution >= 0.6 is 0 Å². The van der Waals surface area contributed by atoms with Crippen LogP contribution < -0.4 is 4.57 Å². The molecule has 0 saturated carbocycles. The highest BCUT2D eigenvalue weighted by molar-refractivity contribution is 5.80. The first-order chi connectivity index (χ1) is 12.1. The van der Waals surface area contributed by atoms with E-state index >= 15 is 0 Å². The summed E-state index contributed by atoms with van der Waals surface area (Å²) < 4.78 is 3.90. The molecule has 0 aliphatic carbocycles. The molecule has 25 heavy (non-hydrogen) atoms. The average Bonchev–Trinajstić information content (AvgIpc) is 3.08. The third-order valence-corrected chi connectivity index (χ3v) is 4.34. The largest absolute Gasteiger partial charge is 0.330 e. The first kappa shape index (κ1) is 17.0. The summed E-state index contributed by atoms with van der Waals surface area (Å²) in [6.45, 7) is 3.16. The summed E-state index contributed by atoms with van der Waals surface area (Å²) in [6, 6.07) is 20.0. The van der Waals surface area contributed by atoms with Gasteiger partial charge < -0.3 is 4.90 Å². The number of carbonyl (C=O) groups is 1. The molecule has 3 aromatic rings. The van der Waals surface area contributed by atoms with Crippen LogP contribution in [-0.2, 0) is 24.9 Å². The number of aryl methyl sites for hydroxylation is 1. The Kier molecular flexibility index (Phi) is 5.29. The van der Waals surface area contributed by atoms with Crippen LogP contribution in [0, 0.1) is 0 Å². The minimum atomic E-state index is -0.242. The molecular weight excluding hydrogens is 310 g/mol. The highest BCUT2D eigenvalue weighted by atomic mass is 16.2. The van der Waals surface area contributed by atoms with Crippen LogP contribution in [0.25, 0.3) is 0 Å². The zero-order chi connectivity index (χ0) is 17.6. The molecule has 1 heterocycles. The number of benzene rings is 2. The Balaban J connectivity index is 1.82. The van der Waals surface area contributed by atoms with Crippen molar-refractivity contribution in [2.75, 3.05) is 0 Å².